The molecule has 0 spiro atoms. The van der Waals surface area contributed by atoms with Crippen LogP contribution in [0.5, 0.6) is 5.75 Å². The molecule has 0 radical (unpaired) electrons. The fourth-order valence-corrected chi connectivity index (χ4v) is 1.46. The molecule has 0 unspecified atom stereocenters. The van der Waals surface area contributed by atoms with Crippen LogP contribution in [0.25, 0.3) is 0 Å². The van der Waals surface area contributed by atoms with Gasteiger partial charge in [-0.2, -0.15) is 0 Å². The van der Waals surface area contributed by atoms with Crippen LogP contribution in [0, 0.1) is 5.41 Å². The summed E-state index contributed by atoms with van der Waals surface area (Å²) in [7, 11) is 0. The van der Waals surface area contributed by atoms with E-state index in [0.29, 0.717) is 10.8 Å². The molecule has 2 heteroatoms. The first kappa shape index (κ1) is 10.4. The molecule has 0 atom stereocenters. The zero-order valence-corrected chi connectivity index (χ0v) is 9.02. The standard InChI is InChI=1S/C11H15ClO/c1-11(2,3)7-8-6-9(12)4-5-10(8)13/h4-6,13H,7H2,1-3H3. The van der Waals surface area contributed by atoms with Gasteiger partial charge in [-0.25, -0.2) is 0 Å². The van der Waals surface area contributed by atoms with Crippen LogP contribution in [-0.4, -0.2) is 5.11 Å². The molecular formula is C11H15ClO. The van der Waals surface area contributed by atoms with Gasteiger partial charge in [0.2, 0.25) is 0 Å². The predicted molar refractivity (Wildman–Crippen MR) is 56.3 cm³/mol. The van der Waals surface area contributed by atoms with Gasteiger partial charge in [0.1, 0.15) is 5.75 Å². The van der Waals surface area contributed by atoms with Crippen LogP contribution in [0.2, 0.25) is 5.02 Å². The fraction of sp³-hybridized carbons (Fsp3) is 0.455. The highest BCUT2D eigenvalue weighted by Crippen LogP contribution is 2.28. The van der Waals surface area contributed by atoms with E-state index in [0.717, 1.165) is 12.0 Å². The van der Waals surface area contributed by atoms with Gasteiger partial charge in [0.25, 0.3) is 0 Å². The zero-order valence-electron chi connectivity index (χ0n) is 8.26. The molecule has 1 nitrogen and oxygen atoms in total. The highest BCUT2D eigenvalue weighted by Gasteiger charge is 2.13. The van der Waals surface area contributed by atoms with Gasteiger partial charge in [-0.1, -0.05) is 32.4 Å². The van der Waals surface area contributed by atoms with Gasteiger partial charge in [-0.3, -0.25) is 0 Å². The summed E-state index contributed by atoms with van der Waals surface area (Å²) >= 11 is 5.83. The van der Waals surface area contributed by atoms with Crippen molar-refractivity contribution in [3.63, 3.8) is 0 Å². The van der Waals surface area contributed by atoms with Crippen molar-refractivity contribution in [2.24, 2.45) is 5.41 Å². The lowest BCUT2D eigenvalue weighted by Gasteiger charge is -2.18. The van der Waals surface area contributed by atoms with Gasteiger partial charge in [0, 0.05) is 5.02 Å². The molecule has 1 rings (SSSR count). The zero-order chi connectivity index (χ0) is 10.1. The molecular weight excluding hydrogens is 184 g/mol. The lowest BCUT2D eigenvalue weighted by molar-refractivity contribution is 0.395. The Bertz CT molecular complexity index is 299. The van der Waals surface area contributed by atoms with Gasteiger partial charge in [0.15, 0.2) is 0 Å². The van der Waals surface area contributed by atoms with Gasteiger partial charge in [-0.05, 0) is 35.6 Å². The van der Waals surface area contributed by atoms with Crippen molar-refractivity contribution < 1.29 is 5.11 Å². The first-order valence-electron chi connectivity index (χ1n) is 4.36. The lowest BCUT2D eigenvalue weighted by atomic mass is 9.88. The molecule has 0 aliphatic heterocycles. The number of phenolic OH excluding ortho intramolecular Hbond substituents is 1. The van der Waals surface area contributed by atoms with E-state index in [1.165, 1.54) is 0 Å². The number of halogens is 1. The van der Waals surface area contributed by atoms with Crippen LogP contribution in [0.3, 0.4) is 0 Å². The van der Waals surface area contributed by atoms with E-state index in [9.17, 15) is 5.11 Å². The van der Waals surface area contributed by atoms with Gasteiger partial charge >= 0.3 is 0 Å². The molecule has 1 aromatic rings. The van der Waals surface area contributed by atoms with Crippen LogP contribution in [0.15, 0.2) is 18.2 Å². The monoisotopic (exact) mass is 198 g/mol. The Labute approximate surface area is 84.4 Å². The summed E-state index contributed by atoms with van der Waals surface area (Å²) in [5.74, 6) is 0.333. The Morgan fingerprint density at radius 3 is 2.46 bits per heavy atom. The van der Waals surface area contributed by atoms with Crippen LogP contribution in [0.4, 0.5) is 0 Å². The molecule has 0 fully saturated rings. The molecule has 0 saturated heterocycles. The van der Waals surface area contributed by atoms with Crippen molar-refractivity contribution >= 4 is 11.6 Å². The van der Waals surface area contributed by atoms with Crippen LogP contribution in [0.1, 0.15) is 26.3 Å². The second-order valence-corrected chi connectivity index (χ2v) is 4.95. The molecule has 13 heavy (non-hydrogen) atoms. The van der Waals surface area contributed by atoms with Crippen LogP contribution < -0.4 is 0 Å². The minimum atomic E-state index is 0.169. The predicted octanol–water partition coefficient (Wildman–Crippen LogP) is 3.63. The Kier molecular flexibility index (Phi) is 2.87. The first-order valence-corrected chi connectivity index (χ1v) is 4.74. The highest BCUT2D eigenvalue weighted by molar-refractivity contribution is 6.30. The summed E-state index contributed by atoms with van der Waals surface area (Å²) in [5.41, 5.74) is 1.09. The molecule has 1 N–H and O–H groups in total. The van der Waals surface area contributed by atoms with Crippen molar-refractivity contribution in [1.82, 2.24) is 0 Å². The van der Waals surface area contributed by atoms with E-state index in [1.807, 2.05) is 6.07 Å². The van der Waals surface area contributed by atoms with Crippen molar-refractivity contribution in [3.05, 3.63) is 28.8 Å². The molecule has 0 heterocycles. The van der Waals surface area contributed by atoms with Gasteiger partial charge in [-0.15, -0.1) is 0 Å². The summed E-state index contributed by atoms with van der Waals surface area (Å²) in [4.78, 5) is 0. The molecule has 0 aliphatic rings. The maximum atomic E-state index is 9.54. The number of aromatic hydroxyl groups is 1. The van der Waals surface area contributed by atoms with E-state index in [4.69, 9.17) is 11.6 Å². The third-order valence-electron chi connectivity index (χ3n) is 1.76. The Morgan fingerprint density at radius 2 is 1.92 bits per heavy atom. The fourth-order valence-electron chi connectivity index (χ4n) is 1.27. The summed E-state index contributed by atoms with van der Waals surface area (Å²) < 4.78 is 0. The Hall–Kier alpha value is -0.690. The van der Waals surface area contributed by atoms with Crippen LogP contribution >= 0.6 is 11.6 Å². The molecule has 0 bridgehead atoms. The maximum Gasteiger partial charge on any atom is 0.118 e. The van der Waals surface area contributed by atoms with E-state index in [-0.39, 0.29) is 5.41 Å². The topological polar surface area (TPSA) is 20.2 Å². The largest absolute Gasteiger partial charge is 0.508 e. The first-order chi connectivity index (χ1) is 5.88. The smallest absolute Gasteiger partial charge is 0.118 e. The lowest BCUT2D eigenvalue weighted by Crippen LogP contribution is -2.09. The quantitative estimate of drug-likeness (QED) is 0.731. The molecule has 0 aromatic heterocycles. The summed E-state index contributed by atoms with van der Waals surface area (Å²) in [5, 5.41) is 10.2. The SMILES string of the molecule is CC(C)(C)Cc1cc(Cl)ccc1O. The second kappa shape index (κ2) is 3.59. The number of hydrogen-bond donors (Lipinski definition) is 1. The molecule has 0 amide bonds. The second-order valence-electron chi connectivity index (χ2n) is 4.51. The highest BCUT2D eigenvalue weighted by atomic mass is 35.5. The maximum absolute atomic E-state index is 9.54. The number of benzene rings is 1. The molecule has 1 aromatic carbocycles. The summed E-state index contributed by atoms with van der Waals surface area (Å²) in [6.07, 6.45) is 0.833. The van der Waals surface area contributed by atoms with Gasteiger partial charge < -0.3 is 5.11 Å². The summed E-state index contributed by atoms with van der Waals surface area (Å²) in [6.45, 7) is 6.40. The number of phenols is 1. The molecule has 0 aliphatic carbocycles. The summed E-state index contributed by atoms with van der Waals surface area (Å²) in [6, 6.07) is 5.16. The Balaban J connectivity index is 2.94. The van der Waals surface area contributed by atoms with Crippen LogP contribution in [-0.2, 0) is 6.42 Å². The third-order valence-corrected chi connectivity index (χ3v) is 2.00. The van der Waals surface area contributed by atoms with Crippen molar-refractivity contribution in [1.29, 1.82) is 0 Å². The third kappa shape index (κ3) is 3.27. The van der Waals surface area contributed by atoms with Crippen molar-refractivity contribution in [2.75, 3.05) is 0 Å². The normalized spacial score (nSPS) is 11.7. The minimum absolute atomic E-state index is 0.169. The number of hydrogen-bond acceptors (Lipinski definition) is 1. The minimum Gasteiger partial charge on any atom is -0.508 e. The van der Waals surface area contributed by atoms with Gasteiger partial charge in [0.05, 0.1) is 0 Å². The van der Waals surface area contributed by atoms with E-state index < -0.39 is 0 Å². The van der Waals surface area contributed by atoms with E-state index in [2.05, 4.69) is 20.8 Å². The average molecular weight is 199 g/mol. The van der Waals surface area contributed by atoms with Crippen molar-refractivity contribution in [2.45, 2.75) is 27.2 Å². The van der Waals surface area contributed by atoms with E-state index >= 15 is 0 Å². The average Bonchev–Trinajstić information content (AvgIpc) is 1.94. The molecule has 72 valence electrons. The molecule has 0 saturated carbocycles. The van der Waals surface area contributed by atoms with Crippen molar-refractivity contribution in [3.8, 4) is 5.75 Å². The van der Waals surface area contributed by atoms with E-state index in [1.54, 1.807) is 12.1 Å². The number of rotatable bonds is 1. The Morgan fingerprint density at radius 1 is 1.31 bits per heavy atom.